The number of fused-ring (bicyclic) bond motifs is 1. The van der Waals surface area contributed by atoms with Gasteiger partial charge in [0, 0.05) is 41.5 Å². The van der Waals surface area contributed by atoms with Crippen LogP contribution in [0.4, 0.5) is 11.4 Å². The highest BCUT2D eigenvalue weighted by molar-refractivity contribution is 6.02. The lowest BCUT2D eigenvalue weighted by Crippen LogP contribution is -2.14. The molecule has 1 aromatic heterocycles. The first-order valence-electron chi connectivity index (χ1n) is 7.61. The summed E-state index contributed by atoms with van der Waals surface area (Å²) in [7, 11) is 0. The Morgan fingerprint density at radius 1 is 1.00 bits per heavy atom. The van der Waals surface area contributed by atoms with Gasteiger partial charge in [0.25, 0.3) is 0 Å². The maximum atomic E-state index is 12.3. The largest absolute Gasteiger partial charge is 0.326 e. The molecule has 0 aliphatic carbocycles. The van der Waals surface area contributed by atoms with Crippen LogP contribution in [0.5, 0.6) is 0 Å². The van der Waals surface area contributed by atoms with E-state index in [9.17, 15) is 9.59 Å². The number of nitrogens with zero attached hydrogens (tertiary/aromatic N) is 1. The second kappa shape index (κ2) is 6.91. The van der Waals surface area contributed by atoms with E-state index < -0.39 is 0 Å². The van der Waals surface area contributed by atoms with E-state index >= 15 is 0 Å². The number of nitrogens with one attached hydrogen (secondary N) is 2. The van der Waals surface area contributed by atoms with Crippen molar-refractivity contribution in [3.05, 3.63) is 66.5 Å². The van der Waals surface area contributed by atoms with Crippen LogP contribution in [-0.4, -0.2) is 16.8 Å². The van der Waals surface area contributed by atoms with Crippen LogP contribution in [0.15, 0.2) is 60.9 Å². The SMILES string of the molecule is CC(=O)Nc1ccc(CC(=O)Nc2cccc3cnccc23)cc1. The zero-order valence-electron chi connectivity index (χ0n) is 13.2. The van der Waals surface area contributed by atoms with Gasteiger partial charge in [0.05, 0.1) is 6.42 Å². The molecule has 0 atom stereocenters. The fourth-order valence-electron chi connectivity index (χ4n) is 2.52. The minimum atomic E-state index is -0.120. The van der Waals surface area contributed by atoms with Crippen molar-refractivity contribution in [1.29, 1.82) is 0 Å². The second-order valence-electron chi connectivity index (χ2n) is 5.51. The highest BCUT2D eigenvalue weighted by Gasteiger charge is 2.07. The Bertz CT molecular complexity index is 883. The maximum Gasteiger partial charge on any atom is 0.228 e. The molecule has 2 N–H and O–H groups in total. The molecule has 0 saturated carbocycles. The van der Waals surface area contributed by atoms with Gasteiger partial charge in [-0.1, -0.05) is 24.3 Å². The number of pyridine rings is 1. The van der Waals surface area contributed by atoms with Crippen molar-refractivity contribution < 1.29 is 9.59 Å². The molecule has 0 aliphatic rings. The lowest BCUT2D eigenvalue weighted by Gasteiger charge is -2.09. The lowest BCUT2D eigenvalue weighted by molar-refractivity contribution is -0.116. The molecule has 120 valence electrons. The van der Waals surface area contributed by atoms with Crippen molar-refractivity contribution in [2.24, 2.45) is 0 Å². The summed E-state index contributed by atoms with van der Waals surface area (Å²) < 4.78 is 0. The Morgan fingerprint density at radius 3 is 2.54 bits per heavy atom. The highest BCUT2D eigenvalue weighted by Crippen LogP contribution is 2.22. The van der Waals surface area contributed by atoms with E-state index in [0.717, 1.165) is 22.0 Å². The van der Waals surface area contributed by atoms with Gasteiger partial charge < -0.3 is 10.6 Å². The van der Waals surface area contributed by atoms with Gasteiger partial charge in [-0.15, -0.1) is 0 Å². The van der Waals surface area contributed by atoms with E-state index in [1.165, 1.54) is 6.92 Å². The summed E-state index contributed by atoms with van der Waals surface area (Å²) in [6.07, 6.45) is 3.74. The van der Waals surface area contributed by atoms with Crippen LogP contribution < -0.4 is 10.6 Å². The van der Waals surface area contributed by atoms with Crippen molar-refractivity contribution in [1.82, 2.24) is 4.98 Å². The summed E-state index contributed by atoms with van der Waals surface area (Å²) in [6, 6.07) is 14.8. The Morgan fingerprint density at radius 2 is 1.79 bits per heavy atom. The minimum absolute atomic E-state index is 0.0911. The molecule has 3 rings (SSSR count). The molecular weight excluding hydrogens is 302 g/mol. The van der Waals surface area contributed by atoms with Crippen molar-refractivity contribution in [2.75, 3.05) is 10.6 Å². The second-order valence-corrected chi connectivity index (χ2v) is 5.51. The summed E-state index contributed by atoms with van der Waals surface area (Å²) in [4.78, 5) is 27.4. The number of carbonyl (C=O) groups excluding carboxylic acids is 2. The number of rotatable bonds is 4. The van der Waals surface area contributed by atoms with Gasteiger partial charge in [0.1, 0.15) is 0 Å². The number of anilines is 2. The number of carbonyl (C=O) groups is 2. The average Bonchev–Trinajstić information content (AvgIpc) is 2.56. The average molecular weight is 319 g/mol. The summed E-state index contributed by atoms with van der Waals surface area (Å²) in [6.45, 7) is 1.46. The van der Waals surface area contributed by atoms with E-state index in [0.29, 0.717) is 5.69 Å². The van der Waals surface area contributed by atoms with E-state index in [1.807, 2.05) is 36.4 Å². The normalized spacial score (nSPS) is 10.4. The molecule has 0 saturated heterocycles. The Hall–Kier alpha value is -3.21. The Kier molecular flexibility index (Phi) is 4.52. The van der Waals surface area contributed by atoms with E-state index in [2.05, 4.69) is 15.6 Å². The van der Waals surface area contributed by atoms with Crippen LogP contribution in [-0.2, 0) is 16.0 Å². The number of benzene rings is 2. The highest BCUT2D eigenvalue weighted by atomic mass is 16.2. The van der Waals surface area contributed by atoms with Crippen molar-refractivity contribution in [3.63, 3.8) is 0 Å². The lowest BCUT2D eigenvalue weighted by atomic mass is 10.1. The molecule has 1 heterocycles. The molecule has 24 heavy (non-hydrogen) atoms. The third-order valence-corrected chi connectivity index (χ3v) is 3.59. The maximum absolute atomic E-state index is 12.3. The molecule has 0 bridgehead atoms. The van der Waals surface area contributed by atoms with Crippen molar-refractivity contribution >= 4 is 34.0 Å². The zero-order chi connectivity index (χ0) is 16.9. The van der Waals surface area contributed by atoms with Gasteiger partial charge in [-0.05, 0) is 29.8 Å². The smallest absolute Gasteiger partial charge is 0.228 e. The van der Waals surface area contributed by atoms with E-state index in [-0.39, 0.29) is 18.2 Å². The summed E-state index contributed by atoms with van der Waals surface area (Å²) in [5.74, 6) is -0.211. The molecule has 0 aliphatic heterocycles. The van der Waals surface area contributed by atoms with Crippen LogP contribution in [0, 0.1) is 0 Å². The van der Waals surface area contributed by atoms with Gasteiger partial charge in [0.15, 0.2) is 0 Å². The first kappa shape index (κ1) is 15.7. The number of amides is 2. The van der Waals surface area contributed by atoms with Crippen LogP contribution in [0.25, 0.3) is 10.8 Å². The number of aromatic nitrogens is 1. The number of hydrogen-bond donors (Lipinski definition) is 2. The molecular formula is C19H17N3O2. The molecule has 0 fully saturated rings. The van der Waals surface area contributed by atoms with Crippen LogP contribution >= 0.6 is 0 Å². The molecule has 2 aromatic carbocycles. The van der Waals surface area contributed by atoms with Crippen LogP contribution in [0.3, 0.4) is 0 Å². The van der Waals surface area contributed by atoms with Crippen molar-refractivity contribution in [3.8, 4) is 0 Å². The first-order chi connectivity index (χ1) is 11.6. The van der Waals surface area contributed by atoms with Crippen LogP contribution in [0.1, 0.15) is 12.5 Å². The fraction of sp³-hybridized carbons (Fsp3) is 0.105. The van der Waals surface area contributed by atoms with Gasteiger partial charge in [-0.3, -0.25) is 14.6 Å². The summed E-state index contributed by atoms with van der Waals surface area (Å²) in [5, 5.41) is 7.59. The van der Waals surface area contributed by atoms with E-state index in [4.69, 9.17) is 0 Å². The first-order valence-corrected chi connectivity index (χ1v) is 7.61. The van der Waals surface area contributed by atoms with Gasteiger partial charge >= 0.3 is 0 Å². The molecule has 0 spiro atoms. The predicted molar refractivity (Wildman–Crippen MR) is 94.8 cm³/mol. The fourth-order valence-corrected chi connectivity index (χ4v) is 2.52. The van der Waals surface area contributed by atoms with E-state index in [1.54, 1.807) is 24.5 Å². The molecule has 0 unspecified atom stereocenters. The van der Waals surface area contributed by atoms with Gasteiger partial charge in [-0.2, -0.15) is 0 Å². The predicted octanol–water partition coefficient (Wildman–Crippen LogP) is 3.37. The monoisotopic (exact) mass is 319 g/mol. The quantitative estimate of drug-likeness (QED) is 0.774. The van der Waals surface area contributed by atoms with Gasteiger partial charge in [0.2, 0.25) is 11.8 Å². The summed E-state index contributed by atoms with van der Waals surface area (Å²) in [5.41, 5.74) is 2.37. The molecule has 3 aromatic rings. The van der Waals surface area contributed by atoms with Crippen LogP contribution in [0.2, 0.25) is 0 Å². The molecule has 2 amide bonds. The third kappa shape index (κ3) is 3.76. The third-order valence-electron chi connectivity index (χ3n) is 3.59. The van der Waals surface area contributed by atoms with Crippen molar-refractivity contribution in [2.45, 2.75) is 13.3 Å². The van der Waals surface area contributed by atoms with Gasteiger partial charge in [-0.25, -0.2) is 0 Å². The minimum Gasteiger partial charge on any atom is -0.326 e. The topological polar surface area (TPSA) is 71.1 Å². The molecule has 5 nitrogen and oxygen atoms in total. The Balaban J connectivity index is 1.70. The standard InChI is InChI=1S/C19H17N3O2/c1-13(23)21-16-7-5-14(6-8-16)11-19(24)22-18-4-2-3-15-12-20-10-9-17(15)18/h2-10,12H,11H2,1H3,(H,21,23)(H,22,24). The molecule has 5 heteroatoms. The Labute approximate surface area is 139 Å². The zero-order valence-corrected chi connectivity index (χ0v) is 13.2. The molecule has 0 radical (unpaired) electrons. The number of hydrogen-bond acceptors (Lipinski definition) is 3. The summed E-state index contributed by atoms with van der Waals surface area (Å²) >= 11 is 0.